The molecule has 2 aliphatic rings. The maximum atomic E-state index is 12.3. The third kappa shape index (κ3) is 3.98. The number of thioether (sulfide) groups is 1. The van der Waals surface area contributed by atoms with E-state index in [9.17, 15) is 4.79 Å². The van der Waals surface area contributed by atoms with Crippen LogP contribution in [0, 0.1) is 0 Å². The molecule has 2 aromatic rings. The van der Waals surface area contributed by atoms with Gasteiger partial charge in [0.05, 0.1) is 12.3 Å². The topological polar surface area (TPSA) is 47.6 Å². The number of ether oxygens (including phenoxy) is 2. The highest BCUT2D eigenvalue weighted by Crippen LogP contribution is 2.39. The quantitative estimate of drug-likeness (QED) is 0.872. The number of carbonyl (C=O) groups is 1. The van der Waals surface area contributed by atoms with Crippen LogP contribution in [0.25, 0.3) is 0 Å². The third-order valence-electron chi connectivity index (χ3n) is 4.82. The largest absolute Gasteiger partial charge is 0.486 e. The Kier molecular flexibility index (Phi) is 5.34. The van der Waals surface area contributed by atoms with Crippen LogP contribution in [0.4, 0.5) is 0 Å². The number of rotatable bonds is 5. The van der Waals surface area contributed by atoms with E-state index in [1.165, 1.54) is 17.5 Å². The molecule has 2 unspecified atom stereocenters. The highest BCUT2D eigenvalue weighted by Gasteiger charge is 2.23. The number of benzene rings is 2. The monoisotopic (exact) mass is 369 g/mol. The van der Waals surface area contributed by atoms with E-state index < -0.39 is 0 Å². The maximum absolute atomic E-state index is 12.3. The van der Waals surface area contributed by atoms with Crippen LogP contribution in [0.1, 0.15) is 29.2 Å². The summed E-state index contributed by atoms with van der Waals surface area (Å²) in [6.07, 6.45) is 3.35. The van der Waals surface area contributed by atoms with Crippen LogP contribution >= 0.6 is 11.8 Å². The van der Waals surface area contributed by atoms with Gasteiger partial charge in [-0.15, -0.1) is 11.8 Å². The van der Waals surface area contributed by atoms with E-state index in [4.69, 9.17) is 9.47 Å². The summed E-state index contributed by atoms with van der Waals surface area (Å²) in [5.74, 6) is 2.04. The van der Waals surface area contributed by atoms with E-state index in [0.717, 1.165) is 24.3 Å². The summed E-state index contributed by atoms with van der Waals surface area (Å²) in [7, 11) is 0. The van der Waals surface area contributed by atoms with Crippen molar-refractivity contribution >= 4 is 17.7 Å². The van der Waals surface area contributed by atoms with Crippen molar-refractivity contribution in [3.8, 4) is 11.5 Å². The smallest absolute Gasteiger partial charge is 0.230 e. The molecule has 1 heterocycles. The van der Waals surface area contributed by atoms with Crippen molar-refractivity contribution < 1.29 is 14.3 Å². The Hall–Kier alpha value is -2.14. The van der Waals surface area contributed by atoms with Gasteiger partial charge in [-0.2, -0.15) is 0 Å². The molecule has 4 nitrogen and oxygen atoms in total. The minimum absolute atomic E-state index is 0.0560. The van der Waals surface area contributed by atoms with E-state index in [1.54, 1.807) is 11.8 Å². The zero-order valence-electron chi connectivity index (χ0n) is 14.6. The Balaban J connectivity index is 1.24. The zero-order chi connectivity index (χ0) is 17.8. The van der Waals surface area contributed by atoms with Crippen LogP contribution in [-0.4, -0.2) is 30.9 Å². The molecular formula is C21H23NO3S. The highest BCUT2D eigenvalue weighted by molar-refractivity contribution is 8.00. The number of amides is 1. The summed E-state index contributed by atoms with van der Waals surface area (Å²) in [5.41, 5.74) is 2.83. The maximum Gasteiger partial charge on any atom is 0.230 e. The first kappa shape index (κ1) is 17.3. The van der Waals surface area contributed by atoms with Crippen molar-refractivity contribution in [1.29, 1.82) is 0 Å². The van der Waals surface area contributed by atoms with Crippen LogP contribution < -0.4 is 14.8 Å². The van der Waals surface area contributed by atoms with Crippen molar-refractivity contribution in [2.45, 2.75) is 30.6 Å². The Labute approximate surface area is 158 Å². The number of carbonyl (C=O) groups excluding carboxylic acids is 1. The van der Waals surface area contributed by atoms with Crippen LogP contribution in [0.15, 0.2) is 48.5 Å². The average molecular weight is 369 g/mol. The van der Waals surface area contributed by atoms with Gasteiger partial charge in [-0.05, 0) is 42.5 Å². The summed E-state index contributed by atoms with van der Waals surface area (Å²) in [6, 6.07) is 16.2. The van der Waals surface area contributed by atoms with Gasteiger partial charge in [0, 0.05) is 5.25 Å². The molecule has 1 aliphatic carbocycles. The van der Waals surface area contributed by atoms with Crippen LogP contribution in [-0.2, 0) is 11.2 Å². The zero-order valence-corrected chi connectivity index (χ0v) is 15.5. The Bertz CT molecular complexity index is 779. The number of hydrogen-bond acceptors (Lipinski definition) is 4. The summed E-state index contributed by atoms with van der Waals surface area (Å²) in [6.45, 7) is 0.926. The van der Waals surface area contributed by atoms with Gasteiger partial charge in [0.1, 0.15) is 12.7 Å². The molecule has 4 rings (SSSR count). The van der Waals surface area contributed by atoms with Crippen LogP contribution in [0.5, 0.6) is 11.5 Å². The van der Waals surface area contributed by atoms with Gasteiger partial charge < -0.3 is 14.8 Å². The van der Waals surface area contributed by atoms with Crippen LogP contribution in [0.3, 0.4) is 0 Å². The predicted octanol–water partition coefficient (Wildman–Crippen LogP) is 3.75. The molecule has 0 saturated carbocycles. The van der Waals surface area contributed by atoms with Gasteiger partial charge in [0.25, 0.3) is 0 Å². The van der Waals surface area contributed by atoms with Crippen molar-refractivity contribution in [1.82, 2.24) is 5.32 Å². The first-order chi connectivity index (χ1) is 12.8. The second kappa shape index (κ2) is 8.04. The molecule has 0 aromatic heterocycles. The lowest BCUT2D eigenvalue weighted by atomic mass is 9.91. The van der Waals surface area contributed by atoms with Gasteiger partial charge in [-0.25, -0.2) is 0 Å². The Morgan fingerprint density at radius 1 is 1.12 bits per heavy atom. The number of nitrogens with one attached hydrogen (secondary N) is 1. The lowest BCUT2D eigenvalue weighted by Crippen LogP contribution is -2.41. The molecule has 0 radical (unpaired) electrons. The molecule has 5 heteroatoms. The van der Waals surface area contributed by atoms with E-state index >= 15 is 0 Å². The van der Waals surface area contributed by atoms with Gasteiger partial charge in [0.15, 0.2) is 11.5 Å². The number of hydrogen-bond donors (Lipinski definition) is 1. The molecule has 2 aromatic carbocycles. The highest BCUT2D eigenvalue weighted by atomic mass is 32.2. The molecule has 2 atom stereocenters. The van der Waals surface area contributed by atoms with Gasteiger partial charge >= 0.3 is 0 Å². The van der Waals surface area contributed by atoms with Crippen molar-refractivity contribution in [2.75, 3.05) is 18.9 Å². The van der Waals surface area contributed by atoms with Crippen molar-refractivity contribution in [2.24, 2.45) is 0 Å². The lowest BCUT2D eigenvalue weighted by Gasteiger charge is -2.27. The van der Waals surface area contributed by atoms with Gasteiger partial charge in [-0.1, -0.05) is 36.4 Å². The van der Waals surface area contributed by atoms with Crippen molar-refractivity contribution in [3.63, 3.8) is 0 Å². The second-order valence-electron chi connectivity index (χ2n) is 6.69. The van der Waals surface area contributed by atoms with Gasteiger partial charge in [0.2, 0.25) is 5.91 Å². The predicted molar refractivity (Wildman–Crippen MR) is 104 cm³/mol. The first-order valence-electron chi connectivity index (χ1n) is 9.14. The van der Waals surface area contributed by atoms with Crippen LogP contribution in [0.2, 0.25) is 0 Å². The summed E-state index contributed by atoms with van der Waals surface area (Å²) >= 11 is 1.74. The van der Waals surface area contributed by atoms with E-state index in [2.05, 4.69) is 29.6 Å². The standard InChI is InChI=1S/C21H23NO3S/c23-21(14-26-20-11-5-7-15-6-1-2-8-17(15)20)22-12-16-13-24-18-9-3-4-10-19(18)25-16/h1-4,6,8-10,16,20H,5,7,11-14H2,(H,22,23). The minimum atomic E-state index is -0.144. The SMILES string of the molecule is O=C(CSC1CCCc2ccccc21)NCC1COc2ccccc2O1. The molecule has 1 N–H and O–H groups in total. The molecule has 0 saturated heterocycles. The summed E-state index contributed by atoms with van der Waals surface area (Å²) in [5, 5.41) is 3.40. The second-order valence-corrected chi connectivity index (χ2v) is 7.88. The lowest BCUT2D eigenvalue weighted by molar-refractivity contribution is -0.119. The Morgan fingerprint density at radius 3 is 2.85 bits per heavy atom. The van der Waals surface area contributed by atoms with E-state index in [-0.39, 0.29) is 12.0 Å². The normalized spacial score (nSPS) is 20.9. The average Bonchev–Trinajstić information content (AvgIpc) is 2.70. The van der Waals surface area contributed by atoms with Gasteiger partial charge in [-0.3, -0.25) is 4.79 Å². The molecule has 26 heavy (non-hydrogen) atoms. The fraction of sp³-hybridized carbons (Fsp3) is 0.381. The number of fused-ring (bicyclic) bond motifs is 2. The fourth-order valence-corrected chi connectivity index (χ4v) is 4.70. The minimum Gasteiger partial charge on any atom is -0.486 e. The summed E-state index contributed by atoms with van der Waals surface area (Å²) in [4.78, 5) is 12.3. The molecule has 0 spiro atoms. The van der Waals surface area contributed by atoms with E-state index in [0.29, 0.717) is 24.2 Å². The molecule has 0 bridgehead atoms. The number of aryl methyl sites for hydroxylation is 1. The third-order valence-corrected chi connectivity index (χ3v) is 6.15. The van der Waals surface area contributed by atoms with E-state index in [1.807, 2.05) is 24.3 Å². The fourth-order valence-electron chi connectivity index (χ4n) is 3.50. The molecular weight excluding hydrogens is 346 g/mol. The molecule has 1 aliphatic heterocycles. The number of para-hydroxylation sites is 2. The van der Waals surface area contributed by atoms with Crippen molar-refractivity contribution in [3.05, 3.63) is 59.7 Å². The molecule has 0 fully saturated rings. The summed E-state index contributed by atoms with van der Waals surface area (Å²) < 4.78 is 11.6. The molecule has 1 amide bonds. The Morgan fingerprint density at radius 2 is 1.92 bits per heavy atom. The first-order valence-corrected chi connectivity index (χ1v) is 10.2. The molecule has 136 valence electrons.